The Balaban J connectivity index is 2.05. The molecule has 9 nitrogen and oxygen atoms in total. The Morgan fingerprint density at radius 2 is 1.77 bits per heavy atom. The molecular weight excluding hydrogens is 343 g/mol. The van der Waals surface area contributed by atoms with Crippen molar-refractivity contribution in [2.75, 3.05) is 11.5 Å². The molecule has 1 amide bonds. The maximum Gasteiger partial charge on any atom is 0.329 e. The molecular formula is C16H19FN6O3. The molecule has 138 valence electrons. The van der Waals surface area contributed by atoms with E-state index in [9.17, 15) is 14.0 Å². The summed E-state index contributed by atoms with van der Waals surface area (Å²) in [4.78, 5) is 35.7. The molecule has 0 unspecified atom stereocenters. The second-order valence-electron chi connectivity index (χ2n) is 5.75. The lowest BCUT2D eigenvalue weighted by Gasteiger charge is -2.20. The number of nitrogens with two attached hydrogens (primary N) is 2. The maximum absolute atomic E-state index is 13.7. The number of ether oxygens (including phenoxy) is 1. The molecule has 0 aliphatic rings. The fraction of sp³-hybridized carbons (Fsp3) is 0.312. The summed E-state index contributed by atoms with van der Waals surface area (Å²) in [6, 6.07) is 4.48. The van der Waals surface area contributed by atoms with Crippen molar-refractivity contribution in [1.82, 2.24) is 20.3 Å². The van der Waals surface area contributed by atoms with E-state index in [1.165, 1.54) is 18.2 Å². The van der Waals surface area contributed by atoms with E-state index in [4.69, 9.17) is 16.2 Å². The highest BCUT2D eigenvalue weighted by Crippen LogP contribution is 2.10. The van der Waals surface area contributed by atoms with Gasteiger partial charge in [-0.15, -0.1) is 0 Å². The van der Waals surface area contributed by atoms with Crippen LogP contribution >= 0.6 is 0 Å². The van der Waals surface area contributed by atoms with Gasteiger partial charge in [0.15, 0.2) is 12.4 Å². The van der Waals surface area contributed by atoms with E-state index >= 15 is 0 Å². The van der Waals surface area contributed by atoms with Crippen LogP contribution in [0, 0.1) is 11.7 Å². The van der Waals surface area contributed by atoms with Gasteiger partial charge in [0.25, 0.3) is 5.91 Å². The second-order valence-corrected chi connectivity index (χ2v) is 5.75. The van der Waals surface area contributed by atoms with Gasteiger partial charge >= 0.3 is 5.97 Å². The lowest BCUT2D eigenvalue weighted by atomic mass is 10.0. The number of benzene rings is 1. The zero-order valence-corrected chi connectivity index (χ0v) is 14.3. The summed E-state index contributed by atoms with van der Waals surface area (Å²) >= 11 is 0. The second kappa shape index (κ2) is 8.19. The van der Waals surface area contributed by atoms with Crippen molar-refractivity contribution >= 4 is 23.8 Å². The van der Waals surface area contributed by atoms with Crippen molar-refractivity contribution in [3.8, 4) is 0 Å². The first-order valence-electron chi connectivity index (χ1n) is 7.76. The van der Waals surface area contributed by atoms with Crippen molar-refractivity contribution in [2.45, 2.75) is 26.5 Å². The lowest BCUT2D eigenvalue weighted by Crippen LogP contribution is -2.45. The van der Waals surface area contributed by atoms with Gasteiger partial charge in [0.1, 0.15) is 11.9 Å². The number of carbonyl (C=O) groups excluding carboxylic acids is 2. The minimum Gasteiger partial charge on any atom is -0.456 e. The normalized spacial score (nSPS) is 11.8. The van der Waals surface area contributed by atoms with E-state index in [0.29, 0.717) is 0 Å². The van der Waals surface area contributed by atoms with Gasteiger partial charge in [0.05, 0.1) is 5.56 Å². The Morgan fingerprint density at radius 1 is 1.15 bits per heavy atom. The van der Waals surface area contributed by atoms with E-state index in [1.807, 2.05) is 0 Å². The quantitative estimate of drug-likeness (QED) is 0.636. The van der Waals surface area contributed by atoms with E-state index < -0.39 is 23.7 Å². The third kappa shape index (κ3) is 4.85. The van der Waals surface area contributed by atoms with Crippen molar-refractivity contribution in [2.24, 2.45) is 5.92 Å². The first-order chi connectivity index (χ1) is 12.3. The van der Waals surface area contributed by atoms with Crippen LogP contribution in [-0.2, 0) is 16.1 Å². The van der Waals surface area contributed by atoms with E-state index in [-0.39, 0.29) is 35.8 Å². The van der Waals surface area contributed by atoms with Crippen molar-refractivity contribution < 1.29 is 18.7 Å². The van der Waals surface area contributed by atoms with E-state index in [1.54, 1.807) is 13.8 Å². The molecule has 10 heteroatoms. The zero-order chi connectivity index (χ0) is 19.3. The SMILES string of the molecule is CC(C)[C@H](NC(=O)c1ccccc1F)C(=O)OCc1nc(N)nc(N)n1. The standard InChI is InChI=1S/C16H19FN6O3/c1-8(2)12(22-13(24)9-5-3-4-6-10(9)17)14(25)26-7-11-20-15(18)23-16(19)21-11/h3-6,8,12H,7H2,1-2H3,(H,22,24)(H4,18,19,20,21,23)/t12-/m0/s1. The topological polar surface area (TPSA) is 146 Å². The van der Waals surface area contributed by atoms with Gasteiger partial charge in [0, 0.05) is 0 Å². The van der Waals surface area contributed by atoms with Crippen LogP contribution in [-0.4, -0.2) is 32.9 Å². The molecule has 0 bridgehead atoms. The van der Waals surface area contributed by atoms with Crippen LogP contribution in [0.3, 0.4) is 0 Å². The number of nitrogen functional groups attached to an aromatic ring is 2. The molecule has 1 heterocycles. The fourth-order valence-corrected chi connectivity index (χ4v) is 2.11. The average molecular weight is 362 g/mol. The van der Waals surface area contributed by atoms with Gasteiger partial charge < -0.3 is 21.5 Å². The number of aromatic nitrogens is 3. The average Bonchev–Trinajstić information content (AvgIpc) is 2.56. The van der Waals surface area contributed by atoms with E-state index in [2.05, 4.69) is 20.3 Å². The molecule has 5 N–H and O–H groups in total. The molecule has 2 rings (SSSR count). The van der Waals surface area contributed by atoms with Crippen LogP contribution in [0.2, 0.25) is 0 Å². The summed E-state index contributed by atoms with van der Waals surface area (Å²) < 4.78 is 18.8. The Hall–Kier alpha value is -3.30. The molecule has 0 radical (unpaired) electrons. The lowest BCUT2D eigenvalue weighted by molar-refractivity contribution is -0.148. The molecule has 1 aromatic carbocycles. The van der Waals surface area contributed by atoms with E-state index in [0.717, 1.165) is 6.07 Å². The highest BCUT2D eigenvalue weighted by molar-refractivity contribution is 5.97. The van der Waals surface area contributed by atoms with Crippen LogP contribution in [0.5, 0.6) is 0 Å². The van der Waals surface area contributed by atoms with Crippen LogP contribution in [0.15, 0.2) is 24.3 Å². The molecule has 0 aliphatic carbocycles. The summed E-state index contributed by atoms with van der Waals surface area (Å²) in [6.45, 7) is 3.13. The largest absolute Gasteiger partial charge is 0.456 e. The van der Waals surface area contributed by atoms with Crippen molar-refractivity contribution in [1.29, 1.82) is 0 Å². The molecule has 1 atom stereocenters. The maximum atomic E-state index is 13.7. The third-order valence-corrected chi connectivity index (χ3v) is 3.39. The summed E-state index contributed by atoms with van der Waals surface area (Å²) in [5.41, 5.74) is 10.7. The molecule has 0 saturated carbocycles. The predicted molar refractivity (Wildman–Crippen MR) is 90.9 cm³/mol. The Bertz CT molecular complexity index is 794. The first-order valence-corrected chi connectivity index (χ1v) is 7.76. The number of rotatable bonds is 6. The number of nitrogens with one attached hydrogen (secondary N) is 1. The van der Waals surface area contributed by atoms with Gasteiger partial charge in [0.2, 0.25) is 11.9 Å². The molecule has 0 aliphatic heterocycles. The third-order valence-electron chi connectivity index (χ3n) is 3.39. The Kier molecular flexibility index (Phi) is 5.99. The van der Waals surface area contributed by atoms with Crippen LogP contribution in [0.1, 0.15) is 30.0 Å². The van der Waals surface area contributed by atoms with Crippen LogP contribution < -0.4 is 16.8 Å². The number of carbonyl (C=O) groups is 2. The van der Waals surface area contributed by atoms with Crippen molar-refractivity contribution in [3.63, 3.8) is 0 Å². The highest BCUT2D eigenvalue weighted by atomic mass is 19.1. The summed E-state index contributed by atoms with van der Waals surface area (Å²) in [5, 5.41) is 2.48. The zero-order valence-electron chi connectivity index (χ0n) is 14.3. The predicted octanol–water partition coefficient (Wildman–Crippen LogP) is 0.673. The van der Waals surface area contributed by atoms with Crippen LogP contribution in [0.4, 0.5) is 16.3 Å². The van der Waals surface area contributed by atoms with Crippen molar-refractivity contribution in [3.05, 3.63) is 41.5 Å². The molecule has 0 saturated heterocycles. The molecule has 1 aromatic heterocycles. The number of amides is 1. The summed E-state index contributed by atoms with van der Waals surface area (Å²) in [5.74, 6) is -2.54. The number of esters is 1. The van der Waals surface area contributed by atoms with Gasteiger partial charge in [-0.1, -0.05) is 26.0 Å². The summed E-state index contributed by atoms with van der Waals surface area (Å²) in [7, 11) is 0. The number of anilines is 2. The van der Waals surface area contributed by atoms with Gasteiger partial charge in [-0.2, -0.15) is 15.0 Å². The molecule has 0 spiro atoms. The van der Waals surface area contributed by atoms with Crippen LogP contribution in [0.25, 0.3) is 0 Å². The first kappa shape index (κ1) is 19.0. The number of hydrogen-bond donors (Lipinski definition) is 3. The Labute approximate surface area is 149 Å². The monoisotopic (exact) mass is 362 g/mol. The summed E-state index contributed by atoms with van der Waals surface area (Å²) in [6.07, 6.45) is 0. The number of nitrogens with zero attached hydrogens (tertiary/aromatic N) is 3. The smallest absolute Gasteiger partial charge is 0.329 e. The highest BCUT2D eigenvalue weighted by Gasteiger charge is 2.27. The Morgan fingerprint density at radius 3 is 2.35 bits per heavy atom. The molecule has 26 heavy (non-hydrogen) atoms. The number of hydrogen-bond acceptors (Lipinski definition) is 8. The van der Waals surface area contributed by atoms with Gasteiger partial charge in [-0.3, -0.25) is 4.79 Å². The minimum atomic E-state index is -0.987. The molecule has 2 aromatic rings. The minimum absolute atomic E-state index is 0.0753. The fourth-order valence-electron chi connectivity index (χ4n) is 2.11. The number of halogens is 1. The molecule has 0 fully saturated rings. The van der Waals surface area contributed by atoms with Gasteiger partial charge in [-0.05, 0) is 18.1 Å². The van der Waals surface area contributed by atoms with Gasteiger partial charge in [-0.25, -0.2) is 9.18 Å².